The van der Waals surface area contributed by atoms with Crippen molar-refractivity contribution in [1.29, 1.82) is 0 Å². The van der Waals surface area contributed by atoms with E-state index in [0.717, 1.165) is 12.8 Å². The maximum absolute atomic E-state index is 11.3. The van der Waals surface area contributed by atoms with Crippen LogP contribution in [-0.4, -0.2) is 18.5 Å². The van der Waals surface area contributed by atoms with Crippen molar-refractivity contribution in [3.05, 3.63) is 0 Å². The number of unbranched alkanes of at least 4 members (excludes halogenated alkanes) is 17. The molecule has 0 aromatic rings. The van der Waals surface area contributed by atoms with Crippen LogP contribution in [0.4, 0.5) is 0 Å². The molecule has 0 aromatic heterocycles. The fourth-order valence-electron chi connectivity index (χ4n) is 3.47. The molecule has 27 heavy (non-hydrogen) atoms. The van der Waals surface area contributed by atoms with Gasteiger partial charge in [-0.25, -0.2) is 0 Å². The standard InChI is InChI=1S/C24H47ClO2/c1-2-3-4-5-6-7-8-9-10-11-12-13-14-15-16-17-18-19-23-27-24(26)21-20-22-25/h2-23H2,1H3. The lowest BCUT2D eigenvalue weighted by Crippen LogP contribution is -2.05. The first kappa shape index (κ1) is 26.8. The molecule has 0 N–H and O–H groups in total. The molecule has 0 unspecified atom stereocenters. The van der Waals surface area contributed by atoms with Gasteiger partial charge in [-0.2, -0.15) is 0 Å². The zero-order chi connectivity index (χ0) is 19.8. The maximum atomic E-state index is 11.3. The molecule has 0 bridgehead atoms. The number of rotatable bonds is 22. The SMILES string of the molecule is CCCCCCCCCCCCCCCCCCCCOC(=O)CCCCl. The summed E-state index contributed by atoms with van der Waals surface area (Å²) in [5, 5.41) is 0. The van der Waals surface area contributed by atoms with Gasteiger partial charge >= 0.3 is 5.97 Å². The molecular formula is C24H47ClO2. The Morgan fingerprint density at radius 2 is 0.963 bits per heavy atom. The van der Waals surface area contributed by atoms with Crippen LogP contribution in [0.15, 0.2) is 0 Å². The van der Waals surface area contributed by atoms with Crippen LogP contribution in [0.1, 0.15) is 135 Å². The van der Waals surface area contributed by atoms with E-state index in [1.807, 2.05) is 0 Å². The van der Waals surface area contributed by atoms with Crippen LogP contribution in [0.3, 0.4) is 0 Å². The van der Waals surface area contributed by atoms with Crippen LogP contribution in [0, 0.1) is 0 Å². The second-order valence-corrected chi connectivity index (χ2v) is 8.40. The highest BCUT2D eigenvalue weighted by Crippen LogP contribution is 2.14. The average Bonchev–Trinajstić information content (AvgIpc) is 2.68. The molecule has 0 saturated carbocycles. The van der Waals surface area contributed by atoms with Crippen LogP contribution >= 0.6 is 11.6 Å². The molecule has 0 rings (SSSR count). The van der Waals surface area contributed by atoms with Crippen molar-refractivity contribution in [3.8, 4) is 0 Å². The minimum atomic E-state index is -0.0948. The van der Waals surface area contributed by atoms with Crippen LogP contribution < -0.4 is 0 Å². The number of hydrogen-bond acceptors (Lipinski definition) is 2. The summed E-state index contributed by atoms with van der Waals surface area (Å²) in [7, 11) is 0. The number of halogens is 1. The van der Waals surface area contributed by atoms with E-state index in [9.17, 15) is 4.79 Å². The molecule has 0 atom stereocenters. The van der Waals surface area contributed by atoms with Crippen LogP contribution in [0.25, 0.3) is 0 Å². The van der Waals surface area contributed by atoms with E-state index < -0.39 is 0 Å². The van der Waals surface area contributed by atoms with Crippen molar-refractivity contribution >= 4 is 17.6 Å². The molecule has 0 aliphatic heterocycles. The molecule has 0 aliphatic rings. The molecule has 0 fully saturated rings. The van der Waals surface area contributed by atoms with E-state index in [1.54, 1.807) is 0 Å². The maximum Gasteiger partial charge on any atom is 0.305 e. The van der Waals surface area contributed by atoms with Gasteiger partial charge < -0.3 is 4.74 Å². The van der Waals surface area contributed by atoms with Crippen molar-refractivity contribution < 1.29 is 9.53 Å². The lowest BCUT2D eigenvalue weighted by molar-refractivity contribution is -0.143. The van der Waals surface area contributed by atoms with Gasteiger partial charge in [-0.3, -0.25) is 4.79 Å². The highest BCUT2D eigenvalue weighted by atomic mass is 35.5. The first-order chi connectivity index (χ1) is 13.3. The molecule has 0 heterocycles. The van der Waals surface area contributed by atoms with Gasteiger partial charge in [-0.05, 0) is 12.8 Å². The second kappa shape index (κ2) is 23.8. The van der Waals surface area contributed by atoms with E-state index in [0.29, 0.717) is 18.9 Å². The zero-order valence-corrected chi connectivity index (χ0v) is 19.0. The number of alkyl halides is 1. The summed E-state index contributed by atoms with van der Waals surface area (Å²) < 4.78 is 5.18. The number of carbonyl (C=O) groups excluding carboxylic acids is 1. The predicted octanol–water partition coefficient (Wildman–Crippen LogP) is 8.59. The van der Waals surface area contributed by atoms with Crippen molar-refractivity contribution in [2.75, 3.05) is 12.5 Å². The van der Waals surface area contributed by atoms with E-state index in [2.05, 4.69) is 6.92 Å². The smallest absolute Gasteiger partial charge is 0.305 e. The van der Waals surface area contributed by atoms with Crippen molar-refractivity contribution in [3.63, 3.8) is 0 Å². The number of esters is 1. The highest BCUT2D eigenvalue weighted by molar-refractivity contribution is 6.17. The Balaban J connectivity index is 3.04. The summed E-state index contributed by atoms with van der Waals surface area (Å²) in [6, 6.07) is 0. The monoisotopic (exact) mass is 402 g/mol. The van der Waals surface area contributed by atoms with Crippen LogP contribution in [0.5, 0.6) is 0 Å². The minimum Gasteiger partial charge on any atom is -0.466 e. The molecule has 0 radical (unpaired) electrons. The first-order valence-corrected chi connectivity index (χ1v) is 12.6. The number of ether oxygens (including phenoxy) is 1. The number of carbonyl (C=O) groups is 1. The lowest BCUT2D eigenvalue weighted by Gasteiger charge is -2.05. The third-order valence-electron chi connectivity index (χ3n) is 5.28. The highest BCUT2D eigenvalue weighted by Gasteiger charge is 2.01. The van der Waals surface area contributed by atoms with Gasteiger partial charge in [0.1, 0.15) is 0 Å². The fourth-order valence-corrected chi connectivity index (χ4v) is 3.61. The summed E-state index contributed by atoms with van der Waals surface area (Å²) in [6.45, 7) is 2.87. The molecule has 162 valence electrons. The van der Waals surface area contributed by atoms with E-state index in [1.165, 1.54) is 109 Å². The van der Waals surface area contributed by atoms with Gasteiger partial charge in [0.25, 0.3) is 0 Å². The first-order valence-electron chi connectivity index (χ1n) is 12.0. The van der Waals surface area contributed by atoms with Crippen LogP contribution in [0.2, 0.25) is 0 Å². The van der Waals surface area contributed by atoms with E-state index >= 15 is 0 Å². The Morgan fingerprint density at radius 1 is 0.593 bits per heavy atom. The minimum absolute atomic E-state index is 0.0948. The third kappa shape index (κ3) is 23.7. The van der Waals surface area contributed by atoms with Gasteiger partial charge in [0.05, 0.1) is 6.61 Å². The van der Waals surface area contributed by atoms with Crippen molar-refractivity contribution in [2.45, 2.75) is 135 Å². The van der Waals surface area contributed by atoms with Gasteiger partial charge in [0.15, 0.2) is 0 Å². The fraction of sp³-hybridized carbons (Fsp3) is 0.958. The Bertz CT molecular complexity index is 294. The quantitative estimate of drug-likeness (QED) is 0.103. The summed E-state index contributed by atoms with van der Waals surface area (Å²) in [5.74, 6) is 0.441. The Morgan fingerprint density at radius 3 is 1.33 bits per heavy atom. The van der Waals surface area contributed by atoms with Gasteiger partial charge in [0, 0.05) is 12.3 Å². The summed E-state index contributed by atoms with van der Waals surface area (Å²) in [5.41, 5.74) is 0. The lowest BCUT2D eigenvalue weighted by atomic mass is 10.0. The molecule has 0 aromatic carbocycles. The Labute approximate surface area is 175 Å². The largest absolute Gasteiger partial charge is 0.466 e. The molecule has 0 spiro atoms. The molecule has 0 saturated heterocycles. The summed E-state index contributed by atoms with van der Waals surface area (Å²) in [4.78, 5) is 11.3. The van der Waals surface area contributed by atoms with E-state index in [-0.39, 0.29) is 5.97 Å². The molecule has 0 aliphatic carbocycles. The van der Waals surface area contributed by atoms with Crippen molar-refractivity contribution in [1.82, 2.24) is 0 Å². The van der Waals surface area contributed by atoms with E-state index in [4.69, 9.17) is 16.3 Å². The predicted molar refractivity (Wildman–Crippen MR) is 120 cm³/mol. The number of hydrogen-bond donors (Lipinski definition) is 0. The Hall–Kier alpha value is -0.240. The summed E-state index contributed by atoms with van der Waals surface area (Å²) >= 11 is 5.55. The van der Waals surface area contributed by atoms with Crippen LogP contribution in [-0.2, 0) is 9.53 Å². The average molecular weight is 403 g/mol. The topological polar surface area (TPSA) is 26.3 Å². The van der Waals surface area contributed by atoms with Gasteiger partial charge in [0.2, 0.25) is 0 Å². The van der Waals surface area contributed by atoms with Crippen molar-refractivity contribution in [2.24, 2.45) is 0 Å². The molecule has 2 nitrogen and oxygen atoms in total. The Kier molecular flexibility index (Phi) is 23.6. The normalized spacial score (nSPS) is 11.0. The molecular weight excluding hydrogens is 356 g/mol. The second-order valence-electron chi connectivity index (χ2n) is 8.02. The molecule has 0 amide bonds. The third-order valence-corrected chi connectivity index (χ3v) is 5.54. The molecule has 3 heteroatoms. The summed E-state index contributed by atoms with van der Waals surface area (Å²) in [6.07, 6.45) is 25.9. The zero-order valence-electron chi connectivity index (χ0n) is 18.3. The van der Waals surface area contributed by atoms with Gasteiger partial charge in [-0.15, -0.1) is 11.6 Å². The van der Waals surface area contributed by atoms with Gasteiger partial charge in [-0.1, -0.05) is 116 Å².